The van der Waals surface area contributed by atoms with Crippen molar-refractivity contribution in [2.24, 2.45) is 11.8 Å². The van der Waals surface area contributed by atoms with E-state index in [0.29, 0.717) is 34.4 Å². The van der Waals surface area contributed by atoms with E-state index in [1.807, 2.05) is 30.3 Å². The molecular formula is C30H30ClN7O2. The number of aromatic nitrogens is 5. The molecule has 6 rings (SSSR count). The Morgan fingerprint density at radius 1 is 1.02 bits per heavy atom. The van der Waals surface area contributed by atoms with Gasteiger partial charge >= 0.3 is 0 Å². The van der Waals surface area contributed by atoms with Gasteiger partial charge in [-0.2, -0.15) is 4.68 Å². The first-order valence-corrected chi connectivity index (χ1v) is 14.1. The summed E-state index contributed by atoms with van der Waals surface area (Å²) >= 11 is 6.26. The second-order valence-corrected chi connectivity index (χ2v) is 11.0. The molecule has 0 unspecified atom stereocenters. The highest BCUT2D eigenvalue weighted by Crippen LogP contribution is 2.39. The molecule has 3 heterocycles. The zero-order chi connectivity index (χ0) is 27.5. The third-order valence-corrected chi connectivity index (χ3v) is 8.35. The third-order valence-electron chi connectivity index (χ3n) is 8.11. The number of nitrogens with zero attached hydrogens (tertiary/aromatic N) is 6. The molecule has 4 aromatic rings. The topological polar surface area (TPSA) is 106 Å². The highest BCUT2D eigenvalue weighted by molar-refractivity contribution is 6.30. The number of fused-ring (bicyclic) bond motifs is 1. The quantitative estimate of drug-likeness (QED) is 0.323. The number of pyridine rings is 1. The lowest BCUT2D eigenvalue weighted by Gasteiger charge is -2.33. The van der Waals surface area contributed by atoms with Crippen molar-refractivity contribution in [3.8, 4) is 5.69 Å². The summed E-state index contributed by atoms with van der Waals surface area (Å²) in [6, 6.07) is 14.3. The molecule has 0 radical (unpaired) electrons. The molecule has 2 aromatic heterocycles. The minimum absolute atomic E-state index is 0.128. The van der Waals surface area contributed by atoms with Crippen molar-refractivity contribution in [1.29, 1.82) is 0 Å². The Bertz CT molecular complexity index is 1550. The van der Waals surface area contributed by atoms with E-state index in [4.69, 9.17) is 11.6 Å². The molecule has 2 aliphatic rings. The van der Waals surface area contributed by atoms with Crippen molar-refractivity contribution in [2.75, 3.05) is 11.9 Å². The van der Waals surface area contributed by atoms with Gasteiger partial charge in [0.1, 0.15) is 12.4 Å². The minimum Gasteiger partial charge on any atom is -0.327 e. The summed E-state index contributed by atoms with van der Waals surface area (Å²) in [4.78, 5) is 33.6. The van der Waals surface area contributed by atoms with Crippen molar-refractivity contribution >= 4 is 46.1 Å². The van der Waals surface area contributed by atoms with Crippen LogP contribution in [0.3, 0.4) is 0 Å². The van der Waals surface area contributed by atoms with Gasteiger partial charge in [-0.1, -0.05) is 49.8 Å². The summed E-state index contributed by atoms with van der Waals surface area (Å²) in [5.74, 6) is 0.216. The maximum Gasteiger partial charge on any atom is 0.247 e. The van der Waals surface area contributed by atoms with Crippen LogP contribution >= 0.6 is 11.6 Å². The lowest BCUT2D eigenvalue weighted by Crippen LogP contribution is -2.47. The van der Waals surface area contributed by atoms with Crippen LogP contribution in [-0.2, 0) is 9.59 Å². The van der Waals surface area contributed by atoms with Crippen LogP contribution in [0.2, 0.25) is 5.02 Å². The van der Waals surface area contributed by atoms with Crippen LogP contribution in [0.25, 0.3) is 22.7 Å². The number of benzene rings is 2. The van der Waals surface area contributed by atoms with Gasteiger partial charge in [0.05, 0.1) is 11.2 Å². The number of hydrogen-bond acceptors (Lipinski definition) is 6. The molecule has 1 saturated heterocycles. The molecule has 9 nitrogen and oxygen atoms in total. The zero-order valence-electron chi connectivity index (χ0n) is 22.0. The van der Waals surface area contributed by atoms with Crippen LogP contribution in [0, 0.1) is 11.8 Å². The molecule has 2 fully saturated rings. The molecule has 2 atom stereocenters. The number of nitrogens with one attached hydrogen (secondary N) is 1. The number of likely N-dealkylation sites (tertiary alicyclic amines) is 1. The number of carbonyl (C=O) groups is 2. The van der Waals surface area contributed by atoms with Crippen LogP contribution in [0.5, 0.6) is 0 Å². The van der Waals surface area contributed by atoms with Gasteiger partial charge in [0.25, 0.3) is 0 Å². The molecule has 40 heavy (non-hydrogen) atoms. The molecule has 1 saturated carbocycles. The number of amides is 2. The normalized spacial score (nSPS) is 19.9. The number of carbonyl (C=O) groups excluding carboxylic acids is 2. The van der Waals surface area contributed by atoms with Crippen molar-refractivity contribution < 1.29 is 9.59 Å². The van der Waals surface area contributed by atoms with Gasteiger partial charge in [0, 0.05) is 40.5 Å². The Morgan fingerprint density at radius 3 is 2.73 bits per heavy atom. The molecule has 1 N–H and O–H groups in total. The van der Waals surface area contributed by atoms with Gasteiger partial charge in [-0.05, 0) is 77.2 Å². The smallest absolute Gasteiger partial charge is 0.247 e. The van der Waals surface area contributed by atoms with E-state index < -0.39 is 6.04 Å². The fraction of sp³-hybridized carbons (Fsp3) is 0.333. The summed E-state index contributed by atoms with van der Waals surface area (Å²) in [6.45, 7) is 0.541. The summed E-state index contributed by atoms with van der Waals surface area (Å²) < 4.78 is 1.52. The van der Waals surface area contributed by atoms with Crippen molar-refractivity contribution in [1.82, 2.24) is 30.1 Å². The highest BCUT2D eigenvalue weighted by Gasteiger charge is 2.44. The second-order valence-electron chi connectivity index (χ2n) is 10.5. The lowest BCUT2D eigenvalue weighted by atomic mass is 9.76. The van der Waals surface area contributed by atoms with E-state index in [0.717, 1.165) is 30.2 Å². The van der Waals surface area contributed by atoms with Crippen LogP contribution in [0.1, 0.15) is 44.1 Å². The van der Waals surface area contributed by atoms with E-state index in [1.54, 1.807) is 35.4 Å². The second kappa shape index (κ2) is 11.6. The Balaban J connectivity index is 1.26. The monoisotopic (exact) mass is 555 g/mol. The number of tetrazole rings is 1. The van der Waals surface area contributed by atoms with Crippen LogP contribution in [0.15, 0.2) is 67.1 Å². The van der Waals surface area contributed by atoms with Crippen LogP contribution < -0.4 is 5.32 Å². The third kappa shape index (κ3) is 5.47. The van der Waals surface area contributed by atoms with Gasteiger partial charge in [0.2, 0.25) is 11.8 Å². The first-order chi connectivity index (χ1) is 19.6. The Morgan fingerprint density at radius 2 is 1.90 bits per heavy atom. The molecule has 2 amide bonds. The molecule has 0 bridgehead atoms. The molecule has 1 aliphatic carbocycles. The zero-order valence-corrected chi connectivity index (χ0v) is 22.7. The van der Waals surface area contributed by atoms with Gasteiger partial charge in [-0.3, -0.25) is 14.6 Å². The summed E-state index contributed by atoms with van der Waals surface area (Å²) in [6.07, 6.45) is 13.1. The Hall–Kier alpha value is -4.11. The van der Waals surface area contributed by atoms with Crippen molar-refractivity contribution in [3.05, 3.63) is 77.7 Å². The number of rotatable bonds is 6. The van der Waals surface area contributed by atoms with E-state index in [1.165, 1.54) is 36.3 Å². The lowest BCUT2D eigenvalue weighted by molar-refractivity contribution is -0.134. The van der Waals surface area contributed by atoms with E-state index >= 15 is 0 Å². The van der Waals surface area contributed by atoms with Gasteiger partial charge in [-0.15, -0.1) is 5.10 Å². The molecule has 204 valence electrons. The fourth-order valence-electron chi connectivity index (χ4n) is 6.22. The fourth-order valence-corrected chi connectivity index (χ4v) is 6.40. The molecule has 1 aliphatic heterocycles. The van der Waals surface area contributed by atoms with Gasteiger partial charge in [-0.25, -0.2) is 0 Å². The first kappa shape index (κ1) is 26.1. The van der Waals surface area contributed by atoms with Crippen molar-refractivity contribution in [3.63, 3.8) is 0 Å². The largest absolute Gasteiger partial charge is 0.327 e. The van der Waals surface area contributed by atoms with E-state index in [2.05, 4.69) is 25.8 Å². The van der Waals surface area contributed by atoms with Crippen LogP contribution in [-0.4, -0.2) is 54.5 Å². The maximum absolute atomic E-state index is 13.9. The maximum atomic E-state index is 13.9. The Labute approximate surface area is 237 Å². The SMILES string of the molecule is O=C(Nc1ccc2ncccc2c1)[C@@H]1[C@H](C2CCCCC2)CCN1C(=O)/C=C/c1cc(Cl)ccc1-n1cnnn1. The van der Waals surface area contributed by atoms with Gasteiger partial charge in [0.15, 0.2) is 0 Å². The average molecular weight is 556 g/mol. The number of anilines is 1. The molecule has 10 heteroatoms. The van der Waals surface area contributed by atoms with Crippen LogP contribution in [0.4, 0.5) is 5.69 Å². The average Bonchev–Trinajstić information content (AvgIpc) is 3.67. The predicted molar refractivity (Wildman–Crippen MR) is 154 cm³/mol. The van der Waals surface area contributed by atoms with E-state index in [-0.39, 0.29) is 17.7 Å². The minimum atomic E-state index is -0.539. The van der Waals surface area contributed by atoms with Crippen molar-refractivity contribution in [2.45, 2.75) is 44.6 Å². The number of halogens is 1. The molecular weight excluding hydrogens is 526 g/mol. The number of hydrogen-bond donors (Lipinski definition) is 1. The summed E-state index contributed by atoms with van der Waals surface area (Å²) in [5, 5.41) is 16.0. The summed E-state index contributed by atoms with van der Waals surface area (Å²) in [5.41, 5.74) is 2.96. The standard InChI is InChI=1S/C30H30ClN7O2/c31-23-9-12-27(38-19-33-35-36-38)22(17-23)8-13-28(39)37-16-14-25(20-5-2-1-3-6-20)29(37)30(40)34-24-10-11-26-21(18-24)7-4-15-32-26/h4,7-13,15,17-20,25,29H,1-3,5-6,14,16H2,(H,34,40)/b13-8+/t25-,29-/m0/s1. The molecule has 2 aromatic carbocycles. The van der Waals surface area contributed by atoms with E-state index in [9.17, 15) is 9.59 Å². The first-order valence-electron chi connectivity index (χ1n) is 13.7. The highest BCUT2D eigenvalue weighted by atomic mass is 35.5. The van der Waals surface area contributed by atoms with Gasteiger partial charge < -0.3 is 10.2 Å². The predicted octanol–water partition coefficient (Wildman–Crippen LogP) is 5.31. The summed E-state index contributed by atoms with van der Waals surface area (Å²) in [7, 11) is 0. The Kier molecular flexibility index (Phi) is 7.55. The molecule has 0 spiro atoms.